The van der Waals surface area contributed by atoms with Crippen molar-refractivity contribution < 1.29 is 50.0 Å². The maximum absolute atomic E-state index is 13.3. The topological polar surface area (TPSA) is 189 Å². The van der Waals surface area contributed by atoms with Crippen molar-refractivity contribution in [2.24, 2.45) is 0 Å². The molecule has 1 aliphatic heterocycles. The van der Waals surface area contributed by atoms with E-state index in [1.54, 1.807) is 0 Å². The van der Waals surface area contributed by atoms with E-state index in [1.807, 2.05) is 0 Å². The molecule has 0 aromatic rings. The van der Waals surface area contributed by atoms with Crippen LogP contribution in [0.25, 0.3) is 0 Å². The number of allylic oxidation sites excluding steroid dienone is 2. The molecule has 0 aliphatic carbocycles. The van der Waals surface area contributed by atoms with E-state index in [0.717, 1.165) is 38.5 Å². The molecule has 1 saturated heterocycles. The number of aliphatic hydroxyl groups is 7. The Labute approximate surface area is 525 Å². The van der Waals surface area contributed by atoms with Crippen molar-refractivity contribution in [3.63, 3.8) is 0 Å². The Balaban J connectivity index is 2.14. The second-order valence-corrected chi connectivity index (χ2v) is 26.7. The van der Waals surface area contributed by atoms with Gasteiger partial charge in [0.25, 0.3) is 0 Å². The quantitative estimate of drug-likeness (QED) is 0.0215. The molecule has 506 valence electrons. The molecule has 1 heterocycles. The summed E-state index contributed by atoms with van der Waals surface area (Å²) in [5.74, 6) is -0.688. The van der Waals surface area contributed by atoms with Crippen LogP contribution in [0.5, 0.6) is 0 Å². The molecule has 0 spiro atoms. The number of rotatable bonds is 67. The van der Waals surface area contributed by atoms with Gasteiger partial charge in [-0.15, -0.1) is 0 Å². The number of nitrogens with one attached hydrogen (secondary N) is 1. The van der Waals surface area contributed by atoms with Crippen molar-refractivity contribution in [3.8, 4) is 0 Å². The van der Waals surface area contributed by atoms with Crippen LogP contribution >= 0.6 is 0 Å². The molecular weight excluding hydrogens is 1060 g/mol. The lowest BCUT2D eigenvalue weighted by Gasteiger charge is -2.40. The van der Waals surface area contributed by atoms with Crippen molar-refractivity contribution in [1.82, 2.24) is 5.32 Å². The van der Waals surface area contributed by atoms with Gasteiger partial charge in [0.05, 0.1) is 25.4 Å². The molecule has 11 heteroatoms. The van der Waals surface area contributed by atoms with Crippen LogP contribution in [0.3, 0.4) is 0 Å². The third-order valence-electron chi connectivity index (χ3n) is 18.6. The third kappa shape index (κ3) is 50.2. The summed E-state index contributed by atoms with van der Waals surface area (Å²) in [5, 5.41) is 76.6. The highest BCUT2D eigenvalue weighted by Crippen LogP contribution is 2.24. The van der Waals surface area contributed by atoms with Gasteiger partial charge in [-0.1, -0.05) is 360 Å². The Kier molecular flexibility index (Phi) is 60.7. The lowest BCUT2D eigenvalue weighted by molar-refractivity contribution is -0.303. The molecule has 1 rings (SSSR count). The average molecular weight is 1210 g/mol. The van der Waals surface area contributed by atoms with E-state index in [0.29, 0.717) is 19.3 Å². The fourth-order valence-electron chi connectivity index (χ4n) is 12.6. The minimum Gasteiger partial charge on any atom is -0.394 e. The van der Waals surface area contributed by atoms with E-state index in [2.05, 4.69) is 31.3 Å². The zero-order valence-electron chi connectivity index (χ0n) is 56.1. The van der Waals surface area contributed by atoms with Gasteiger partial charge in [-0.25, -0.2) is 0 Å². The summed E-state index contributed by atoms with van der Waals surface area (Å²) in [6, 6.07) is -1.17. The first-order valence-electron chi connectivity index (χ1n) is 37.6. The molecule has 0 aromatic heterocycles. The molecule has 0 saturated carbocycles. The molecule has 0 bridgehead atoms. The monoisotopic (exact) mass is 1210 g/mol. The molecule has 85 heavy (non-hydrogen) atoms. The van der Waals surface area contributed by atoms with E-state index >= 15 is 0 Å². The maximum atomic E-state index is 13.3. The first-order chi connectivity index (χ1) is 41.7. The van der Waals surface area contributed by atoms with E-state index in [9.17, 15) is 40.5 Å². The first-order valence-corrected chi connectivity index (χ1v) is 37.6. The molecule has 0 radical (unpaired) electrons. The number of carbonyl (C=O) groups excluding carboxylic acids is 1. The van der Waals surface area contributed by atoms with Gasteiger partial charge in [-0.2, -0.15) is 0 Å². The lowest BCUT2D eigenvalue weighted by atomic mass is 9.98. The summed E-state index contributed by atoms with van der Waals surface area (Å²) in [7, 11) is 0. The predicted octanol–water partition coefficient (Wildman–Crippen LogP) is 18.6. The minimum absolute atomic E-state index is 0.265. The molecular formula is C74H145NO10. The fraction of sp³-hybridized carbons (Fsp3) is 0.959. The van der Waals surface area contributed by atoms with Gasteiger partial charge in [-0.05, 0) is 38.5 Å². The summed E-state index contributed by atoms with van der Waals surface area (Å²) in [4.78, 5) is 13.3. The van der Waals surface area contributed by atoms with Gasteiger partial charge in [0, 0.05) is 0 Å². The largest absolute Gasteiger partial charge is 0.394 e. The molecule has 1 amide bonds. The third-order valence-corrected chi connectivity index (χ3v) is 18.6. The van der Waals surface area contributed by atoms with E-state index < -0.39 is 74.2 Å². The van der Waals surface area contributed by atoms with Crippen molar-refractivity contribution >= 4 is 5.91 Å². The highest BCUT2D eigenvalue weighted by molar-refractivity contribution is 5.80. The SMILES string of the molecule is CCCCCCCCCCCCCCCC/C=C\CCCCCCCCCCCCCCCCCCC(O)C(=O)NC(COC1OC(CO)C(O)C(O)C1O)C(O)C(O)CCCCCCCCCCCCCCCCCCCCCCCCCC. The van der Waals surface area contributed by atoms with Gasteiger partial charge >= 0.3 is 0 Å². The zero-order chi connectivity index (χ0) is 61.7. The lowest BCUT2D eigenvalue weighted by Crippen LogP contribution is -2.60. The number of hydrogen-bond acceptors (Lipinski definition) is 10. The van der Waals surface area contributed by atoms with Crippen LogP contribution in [0.15, 0.2) is 12.2 Å². The molecule has 9 unspecified atom stereocenters. The zero-order valence-corrected chi connectivity index (χ0v) is 56.1. The van der Waals surface area contributed by atoms with Crippen LogP contribution < -0.4 is 5.32 Å². The molecule has 9 atom stereocenters. The Bertz CT molecular complexity index is 1390. The fourth-order valence-corrected chi connectivity index (χ4v) is 12.6. The summed E-state index contributed by atoms with van der Waals surface area (Å²) in [6.45, 7) is 3.53. The second-order valence-electron chi connectivity index (χ2n) is 26.7. The number of ether oxygens (including phenoxy) is 2. The summed E-state index contributed by atoms with van der Waals surface area (Å²) in [6.07, 6.45) is 67.4. The Morgan fingerprint density at radius 3 is 0.988 bits per heavy atom. The minimum atomic E-state index is -1.66. The highest BCUT2D eigenvalue weighted by atomic mass is 16.7. The smallest absolute Gasteiger partial charge is 0.249 e. The standard InChI is InChI=1S/C74H145NO10/c1-3-5-7-9-11-13-15-17-19-21-23-25-27-29-30-31-32-33-34-35-36-37-38-40-42-44-46-48-50-52-54-56-58-60-62-67(78)73(83)75-65(64-84-74-72(82)71(81)70(80)68(63-76)85-74)69(79)66(77)61-59-57-55-53-51-49-47-45-43-41-39-28-26-24-22-20-18-16-14-12-10-8-6-4-2/h31-32,65-72,74,76-82H,3-30,33-64H2,1-2H3,(H,75,83)/b32-31-. The van der Waals surface area contributed by atoms with Gasteiger partial charge in [0.2, 0.25) is 5.91 Å². The van der Waals surface area contributed by atoms with Crippen LogP contribution in [0.1, 0.15) is 386 Å². The van der Waals surface area contributed by atoms with Crippen LogP contribution in [-0.2, 0) is 14.3 Å². The highest BCUT2D eigenvalue weighted by Gasteiger charge is 2.44. The molecule has 8 N–H and O–H groups in total. The summed E-state index contributed by atoms with van der Waals surface area (Å²) >= 11 is 0. The summed E-state index contributed by atoms with van der Waals surface area (Å²) in [5.41, 5.74) is 0. The predicted molar refractivity (Wildman–Crippen MR) is 358 cm³/mol. The average Bonchev–Trinajstić information content (AvgIpc) is 3.67. The van der Waals surface area contributed by atoms with Crippen LogP contribution in [0.4, 0.5) is 0 Å². The van der Waals surface area contributed by atoms with E-state index in [4.69, 9.17) is 9.47 Å². The van der Waals surface area contributed by atoms with E-state index in [1.165, 1.54) is 308 Å². The van der Waals surface area contributed by atoms with E-state index in [-0.39, 0.29) is 6.42 Å². The number of carbonyl (C=O) groups is 1. The number of amides is 1. The van der Waals surface area contributed by atoms with Gasteiger partial charge in [-0.3, -0.25) is 4.79 Å². The Hall–Kier alpha value is -1.15. The Morgan fingerprint density at radius 1 is 0.400 bits per heavy atom. The molecule has 0 aromatic carbocycles. The Morgan fingerprint density at radius 2 is 0.682 bits per heavy atom. The van der Waals surface area contributed by atoms with Gasteiger partial charge < -0.3 is 50.5 Å². The van der Waals surface area contributed by atoms with Crippen molar-refractivity contribution in [2.45, 2.75) is 441 Å². The first kappa shape index (κ1) is 81.9. The van der Waals surface area contributed by atoms with Crippen LogP contribution in [0.2, 0.25) is 0 Å². The number of unbranched alkanes of at least 4 members (excludes halogenated alkanes) is 53. The number of hydrogen-bond donors (Lipinski definition) is 8. The van der Waals surface area contributed by atoms with Crippen molar-refractivity contribution in [3.05, 3.63) is 12.2 Å². The van der Waals surface area contributed by atoms with Crippen molar-refractivity contribution in [1.29, 1.82) is 0 Å². The maximum Gasteiger partial charge on any atom is 0.249 e. The number of aliphatic hydroxyl groups excluding tert-OH is 7. The molecule has 1 aliphatic rings. The van der Waals surface area contributed by atoms with Crippen molar-refractivity contribution in [2.75, 3.05) is 13.2 Å². The normalized spacial score (nSPS) is 18.8. The van der Waals surface area contributed by atoms with Crippen LogP contribution in [0, 0.1) is 0 Å². The summed E-state index contributed by atoms with van der Waals surface area (Å²) < 4.78 is 11.2. The van der Waals surface area contributed by atoms with Crippen LogP contribution in [-0.4, -0.2) is 110 Å². The second kappa shape index (κ2) is 63.0. The van der Waals surface area contributed by atoms with Gasteiger partial charge in [0.1, 0.15) is 36.6 Å². The molecule has 1 fully saturated rings. The van der Waals surface area contributed by atoms with Gasteiger partial charge in [0.15, 0.2) is 6.29 Å². The molecule has 11 nitrogen and oxygen atoms in total.